The van der Waals surface area contributed by atoms with Crippen LogP contribution in [0.2, 0.25) is 0 Å². The van der Waals surface area contributed by atoms with E-state index in [2.05, 4.69) is 0 Å². The highest BCUT2D eigenvalue weighted by molar-refractivity contribution is 5.96. The van der Waals surface area contributed by atoms with Crippen LogP contribution in [-0.4, -0.2) is 28.3 Å². The number of carbonyl (C=O) groups excluding carboxylic acids is 1. The number of aliphatic hydroxyl groups excluding tert-OH is 2. The maximum atomic E-state index is 11.6. The summed E-state index contributed by atoms with van der Waals surface area (Å²) < 4.78 is 0. The highest BCUT2D eigenvalue weighted by atomic mass is 16.3. The Hall–Kier alpha value is -1.59. The molecular formula is C12H15NO4. The van der Waals surface area contributed by atoms with E-state index in [1.165, 1.54) is 4.90 Å². The van der Waals surface area contributed by atoms with E-state index in [9.17, 15) is 15.0 Å². The van der Waals surface area contributed by atoms with Gasteiger partial charge in [-0.25, -0.2) is 0 Å². The first-order chi connectivity index (χ1) is 8.10. The largest absolute Gasteiger partial charge is 0.507 e. The molecule has 0 unspecified atom stereocenters. The number of hydrogen-bond acceptors (Lipinski definition) is 4. The second-order valence-corrected chi connectivity index (χ2v) is 4.13. The van der Waals surface area contributed by atoms with Gasteiger partial charge >= 0.3 is 0 Å². The lowest BCUT2D eigenvalue weighted by Crippen LogP contribution is -2.32. The van der Waals surface area contributed by atoms with Crippen LogP contribution < -0.4 is 4.90 Å². The molecule has 0 aliphatic carbocycles. The molecule has 5 nitrogen and oxygen atoms in total. The smallest absolute Gasteiger partial charge is 0.227 e. The molecule has 0 radical (unpaired) electrons. The average molecular weight is 237 g/mol. The van der Waals surface area contributed by atoms with Crippen LogP contribution in [0, 0.1) is 0 Å². The number of phenols is 1. The molecule has 2 rings (SSSR count). The lowest BCUT2D eigenvalue weighted by Gasteiger charge is -2.28. The van der Waals surface area contributed by atoms with Crippen LogP contribution in [0.1, 0.15) is 23.1 Å². The number of nitrogens with zero attached hydrogens (tertiary/aromatic N) is 1. The summed E-state index contributed by atoms with van der Waals surface area (Å²) in [6.45, 7) is -0.627. The lowest BCUT2D eigenvalue weighted by atomic mass is 9.93. The number of rotatable bonds is 2. The molecule has 1 aliphatic heterocycles. The second kappa shape index (κ2) is 4.35. The van der Waals surface area contributed by atoms with Crippen molar-refractivity contribution in [2.24, 2.45) is 0 Å². The molecule has 1 amide bonds. The second-order valence-electron chi connectivity index (χ2n) is 4.13. The zero-order valence-electron chi connectivity index (χ0n) is 9.60. The first-order valence-electron chi connectivity index (χ1n) is 5.45. The summed E-state index contributed by atoms with van der Waals surface area (Å²) in [5, 5.41) is 28.3. The number of carbonyl (C=O) groups is 1. The summed E-state index contributed by atoms with van der Waals surface area (Å²) in [4.78, 5) is 13.1. The summed E-state index contributed by atoms with van der Waals surface area (Å²) >= 11 is 0. The summed E-state index contributed by atoms with van der Waals surface area (Å²) in [6.07, 6.45) is 0.877. The normalized spacial score (nSPS) is 15.0. The Morgan fingerprint density at radius 2 is 2.00 bits per heavy atom. The number of aromatic hydroxyl groups is 1. The van der Waals surface area contributed by atoms with Crippen molar-refractivity contribution in [2.45, 2.75) is 26.1 Å². The average Bonchev–Trinajstić information content (AvgIpc) is 2.33. The molecule has 0 saturated heterocycles. The van der Waals surface area contributed by atoms with Gasteiger partial charge in [0, 0.05) is 30.3 Å². The van der Waals surface area contributed by atoms with Crippen LogP contribution in [0.15, 0.2) is 6.07 Å². The number of aliphatic hydroxyl groups is 2. The van der Waals surface area contributed by atoms with Crippen LogP contribution in [0.25, 0.3) is 0 Å². The van der Waals surface area contributed by atoms with Crippen molar-refractivity contribution in [3.05, 3.63) is 22.8 Å². The third-order valence-corrected chi connectivity index (χ3v) is 3.23. The molecule has 1 aromatic rings. The van der Waals surface area contributed by atoms with Gasteiger partial charge in [-0.1, -0.05) is 0 Å². The van der Waals surface area contributed by atoms with Crippen molar-refractivity contribution in [3.8, 4) is 5.75 Å². The van der Waals surface area contributed by atoms with Gasteiger partial charge in [-0.15, -0.1) is 0 Å². The number of anilines is 1. The Balaban J connectivity index is 2.66. The Morgan fingerprint density at radius 3 is 2.59 bits per heavy atom. The van der Waals surface area contributed by atoms with E-state index in [0.717, 1.165) is 5.56 Å². The minimum atomic E-state index is -0.325. The van der Waals surface area contributed by atoms with Gasteiger partial charge in [0.25, 0.3) is 0 Å². The maximum Gasteiger partial charge on any atom is 0.227 e. The molecule has 1 aliphatic rings. The zero-order valence-corrected chi connectivity index (χ0v) is 9.60. The molecule has 17 heavy (non-hydrogen) atoms. The topological polar surface area (TPSA) is 81.0 Å². The quantitative estimate of drug-likeness (QED) is 0.690. The highest BCUT2D eigenvalue weighted by Gasteiger charge is 2.26. The number of fused-ring (bicyclic) bond motifs is 1. The van der Waals surface area contributed by atoms with Gasteiger partial charge < -0.3 is 20.2 Å². The Morgan fingerprint density at radius 1 is 1.29 bits per heavy atom. The SMILES string of the molecule is CN1C(=O)CCc2c1cc(CO)c(O)c2CO. The molecule has 0 bridgehead atoms. The van der Waals surface area contributed by atoms with Crippen molar-refractivity contribution < 1.29 is 20.1 Å². The van der Waals surface area contributed by atoms with Gasteiger partial charge in [-0.3, -0.25) is 4.79 Å². The van der Waals surface area contributed by atoms with Gasteiger partial charge in [0.05, 0.1) is 13.2 Å². The van der Waals surface area contributed by atoms with Gasteiger partial charge in [0.1, 0.15) is 5.75 Å². The summed E-state index contributed by atoms with van der Waals surface area (Å²) in [7, 11) is 1.65. The van der Waals surface area contributed by atoms with E-state index in [0.29, 0.717) is 29.7 Å². The van der Waals surface area contributed by atoms with Crippen molar-refractivity contribution in [1.82, 2.24) is 0 Å². The lowest BCUT2D eigenvalue weighted by molar-refractivity contribution is -0.118. The van der Waals surface area contributed by atoms with Crippen LogP contribution in [0.3, 0.4) is 0 Å². The number of hydrogen-bond donors (Lipinski definition) is 3. The van der Waals surface area contributed by atoms with Crippen molar-refractivity contribution in [3.63, 3.8) is 0 Å². The van der Waals surface area contributed by atoms with Crippen LogP contribution in [-0.2, 0) is 24.4 Å². The molecule has 1 heterocycles. The van der Waals surface area contributed by atoms with Gasteiger partial charge in [-0.05, 0) is 18.1 Å². The van der Waals surface area contributed by atoms with E-state index in [1.807, 2.05) is 0 Å². The summed E-state index contributed by atoms with van der Waals surface area (Å²) in [5.74, 6) is -0.0764. The fourth-order valence-electron chi connectivity index (χ4n) is 2.21. The maximum absolute atomic E-state index is 11.6. The molecule has 3 N–H and O–H groups in total. The van der Waals surface area contributed by atoms with E-state index >= 15 is 0 Å². The fraction of sp³-hybridized carbons (Fsp3) is 0.417. The first-order valence-corrected chi connectivity index (χ1v) is 5.45. The molecule has 0 fully saturated rings. The third-order valence-electron chi connectivity index (χ3n) is 3.23. The monoisotopic (exact) mass is 237 g/mol. The van der Waals surface area contributed by atoms with Gasteiger partial charge in [-0.2, -0.15) is 0 Å². The van der Waals surface area contributed by atoms with Crippen molar-refractivity contribution >= 4 is 11.6 Å². The van der Waals surface area contributed by atoms with Gasteiger partial charge in [0.15, 0.2) is 0 Å². The Kier molecular flexibility index (Phi) is 3.04. The molecular weight excluding hydrogens is 222 g/mol. The van der Waals surface area contributed by atoms with Crippen molar-refractivity contribution in [1.29, 1.82) is 0 Å². The van der Waals surface area contributed by atoms with E-state index in [1.54, 1.807) is 13.1 Å². The predicted molar refractivity (Wildman–Crippen MR) is 61.7 cm³/mol. The Bertz CT molecular complexity index is 470. The van der Waals surface area contributed by atoms with E-state index in [-0.39, 0.29) is 24.9 Å². The summed E-state index contributed by atoms with van der Waals surface area (Å²) in [6, 6.07) is 1.60. The zero-order chi connectivity index (χ0) is 12.6. The van der Waals surface area contributed by atoms with E-state index in [4.69, 9.17) is 5.11 Å². The standard InChI is InChI=1S/C12H15NO4/c1-13-10-4-7(5-14)12(17)9(6-15)8(10)2-3-11(13)16/h4,14-15,17H,2-3,5-6H2,1H3. The highest BCUT2D eigenvalue weighted by Crippen LogP contribution is 2.37. The molecule has 5 heteroatoms. The van der Waals surface area contributed by atoms with E-state index < -0.39 is 0 Å². The first kappa shape index (κ1) is 11.9. The number of benzene rings is 1. The minimum absolute atomic E-state index is 0.00373. The number of amides is 1. The van der Waals surface area contributed by atoms with Crippen LogP contribution in [0.4, 0.5) is 5.69 Å². The fourth-order valence-corrected chi connectivity index (χ4v) is 2.21. The van der Waals surface area contributed by atoms with Crippen molar-refractivity contribution in [2.75, 3.05) is 11.9 Å². The molecule has 0 spiro atoms. The molecule has 0 atom stereocenters. The third kappa shape index (κ3) is 1.77. The summed E-state index contributed by atoms with van der Waals surface area (Å²) in [5.41, 5.74) is 2.18. The predicted octanol–water partition coefficient (Wildman–Crippen LogP) is 0.286. The van der Waals surface area contributed by atoms with Gasteiger partial charge in [0.2, 0.25) is 5.91 Å². The molecule has 0 saturated carbocycles. The minimum Gasteiger partial charge on any atom is -0.507 e. The van der Waals surface area contributed by atoms with Crippen LogP contribution in [0.5, 0.6) is 5.75 Å². The molecule has 1 aromatic carbocycles. The molecule has 0 aromatic heterocycles. The molecule has 92 valence electrons. The van der Waals surface area contributed by atoms with Crippen LogP contribution >= 0.6 is 0 Å². The Labute approximate surface area is 98.9 Å².